The molecule has 4 heteroatoms. The van der Waals surface area contributed by atoms with E-state index in [4.69, 9.17) is 0 Å². The van der Waals surface area contributed by atoms with Crippen LogP contribution in [0.5, 0.6) is 0 Å². The highest BCUT2D eigenvalue weighted by atomic mass is 15.4. The molecule has 0 saturated heterocycles. The van der Waals surface area contributed by atoms with E-state index in [1.807, 2.05) is 54.1 Å². The van der Waals surface area contributed by atoms with Crippen LogP contribution in [0.1, 0.15) is 5.69 Å². The first-order chi connectivity index (χ1) is 9.81. The number of rotatable bonds is 1. The second-order valence-corrected chi connectivity index (χ2v) is 4.82. The average Bonchev–Trinajstić information content (AvgIpc) is 2.91. The van der Waals surface area contributed by atoms with Gasteiger partial charge in [0, 0.05) is 11.1 Å². The summed E-state index contributed by atoms with van der Waals surface area (Å²) in [5, 5.41) is 9.53. The second kappa shape index (κ2) is 4.13. The lowest BCUT2D eigenvalue weighted by atomic mass is 10.2. The van der Waals surface area contributed by atoms with Gasteiger partial charge in [-0.1, -0.05) is 23.4 Å². The molecule has 0 aliphatic rings. The van der Waals surface area contributed by atoms with Gasteiger partial charge in [-0.3, -0.25) is 4.98 Å². The van der Waals surface area contributed by atoms with E-state index in [1.54, 1.807) is 0 Å². The van der Waals surface area contributed by atoms with Crippen molar-refractivity contribution in [2.24, 2.45) is 0 Å². The third-order valence-electron chi connectivity index (χ3n) is 3.41. The topological polar surface area (TPSA) is 43.6 Å². The minimum absolute atomic E-state index is 0.898. The summed E-state index contributed by atoms with van der Waals surface area (Å²) in [6, 6.07) is 18.2. The van der Waals surface area contributed by atoms with Crippen LogP contribution in [0.3, 0.4) is 0 Å². The molecule has 4 nitrogen and oxygen atoms in total. The summed E-state index contributed by atoms with van der Waals surface area (Å²) in [5.41, 5.74) is 4.92. The van der Waals surface area contributed by atoms with E-state index in [-0.39, 0.29) is 0 Å². The number of aryl methyl sites for hydroxylation is 1. The van der Waals surface area contributed by atoms with Gasteiger partial charge in [0.05, 0.1) is 16.7 Å². The van der Waals surface area contributed by atoms with Gasteiger partial charge in [-0.25, -0.2) is 4.68 Å². The highest BCUT2D eigenvalue weighted by Crippen LogP contribution is 2.20. The molecule has 0 amide bonds. The number of para-hydroxylation sites is 1. The molecule has 96 valence electrons. The summed E-state index contributed by atoms with van der Waals surface area (Å²) in [5.74, 6) is 0. The first-order valence-electron chi connectivity index (χ1n) is 6.49. The highest BCUT2D eigenvalue weighted by Gasteiger charge is 2.06. The summed E-state index contributed by atoms with van der Waals surface area (Å²) in [7, 11) is 0. The van der Waals surface area contributed by atoms with Crippen molar-refractivity contribution in [3.05, 3.63) is 60.3 Å². The Kier molecular flexibility index (Phi) is 2.29. The molecule has 2 aromatic carbocycles. The van der Waals surface area contributed by atoms with Crippen LogP contribution < -0.4 is 0 Å². The molecule has 2 heterocycles. The Morgan fingerprint density at radius 2 is 1.80 bits per heavy atom. The summed E-state index contributed by atoms with van der Waals surface area (Å²) < 4.78 is 1.86. The maximum atomic E-state index is 4.52. The third kappa shape index (κ3) is 1.66. The smallest absolute Gasteiger partial charge is 0.113 e. The molecule has 2 aromatic heterocycles. The van der Waals surface area contributed by atoms with Crippen molar-refractivity contribution < 1.29 is 0 Å². The van der Waals surface area contributed by atoms with E-state index in [1.165, 1.54) is 0 Å². The monoisotopic (exact) mass is 260 g/mol. The Morgan fingerprint density at radius 1 is 0.900 bits per heavy atom. The van der Waals surface area contributed by atoms with Crippen molar-refractivity contribution in [3.63, 3.8) is 0 Å². The molecular weight excluding hydrogens is 248 g/mol. The molecule has 0 N–H and O–H groups in total. The van der Waals surface area contributed by atoms with Gasteiger partial charge in [0.2, 0.25) is 0 Å². The molecule has 0 unspecified atom stereocenters. The second-order valence-electron chi connectivity index (χ2n) is 4.82. The van der Waals surface area contributed by atoms with E-state index in [9.17, 15) is 0 Å². The molecular formula is C16H12N4. The highest BCUT2D eigenvalue weighted by molar-refractivity contribution is 5.82. The summed E-state index contributed by atoms with van der Waals surface area (Å²) in [6.45, 7) is 2.00. The molecule has 0 atom stereocenters. The molecule has 4 aromatic rings. The lowest BCUT2D eigenvalue weighted by Crippen LogP contribution is -1.96. The number of hydrogen-bond donors (Lipinski definition) is 0. The normalized spacial score (nSPS) is 11.2. The van der Waals surface area contributed by atoms with Crippen LogP contribution in [-0.4, -0.2) is 20.0 Å². The number of aromatic nitrogens is 4. The van der Waals surface area contributed by atoms with E-state index < -0.39 is 0 Å². The molecule has 20 heavy (non-hydrogen) atoms. The quantitative estimate of drug-likeness (QED) is 0.527. The van der Waals surface area contributed by atoms with Crippen LogP contribution in [0.4, 0.5) is 0 Å². The summed E-state index contributed by atoms with van der Waals surface area (Å²) in [6.07, 6.45) is 0. The Labute approximate surface area is 115 Å². The van der Waals surface area contributed by atoms with Gasteiger partial charge in [-0.15, -0.1) is 5.10 Å². The van der Waals surface area contributed by atoms with Gasteiger partial charge in [0.25, 0.3) is 0 Å². The molecule has 0 aliphatic carbocycles. The predicted octanol–water partition coefficient (Wildman–Crippen LogP) is 3.28. The zero-order valence-electron chi connectivity index (χ0n) is 11.0. The maximum Gasteiger partial charge on any atom is 0.113 e. The largest absolute Gasteiger partial charge is 0.253 e. The van der Waals surface area contributed by atoms with Gasteiger partial charge >= 0.3 is 0 Å². The van der Waals surface area contributed by atoms with E-state index in [0.29, 0.717) is 0 Å². The van der Waals surface area contributed by atoms with Gasteiger partial charge in [-0.2, -0.15) is 0 Å². The Balaban J connectivity index is 1.96. The van der Waals surface area contributed by atoms with Gasteiger partial charge in [0.1, 0.15) is 5.52 Å². The van der Waals surface area contributed by atoms with Crippen molar-refractivity contribution >= 4 is 21.9 Å². The number of hydrogen-bond acceptors (Lipinski definition) is 3. The van der Waals surface area contributed by atoms with E-state index >= 15 is 0 Å². The van der Waals surface area contributed by atoms with Crippen LogP contribution in [-0.2, 0) is 0 Å². The van der Waals surface area contributed by atoms with Gasteiger partial charge < -0.3 is 0 Å². The first-order valence-corrected chi connectivity index (χ1v) is 6.49. The first kappa shape index (κ1) is 11.1. The number of nitrogens with zero attached hydrogens (tertiary/aromatic N) is 4. The fourth-order valence-electron chi connectivity index (χ4n) is 2.41. The van der Waals surface area contributed by atoms with Crippen molar-refractivity contribution in [1.82, 2.24) is 20.0 Å². The fraction of sp³-hybridized carbons (Fsp3) is 0.0625. The Bertz CT molecular complexity index is 924. The average molecular weight is 260 g/mol. The van der Waals surface area contributed by atoms with Crippen LogP contribution in [0.15, 0.2) is 54.6 Å². The maximum absolute atomic E-state index is 4.52. The molecule has 0 radical (unpaired) electrons. The van der Waals surface area contributed by atoms with Gasteiger partial charge in [0.15, 0.2) is 0 Å². The van der Waals surface area contributed by atoms with E-state index in [2.05, 4.69) is 27.4 Å². The number of benzene rings is 2. The van der Waals surface area contributed by atoms with Crippen molar-refractivity contribution in [1.29, 1.82) is 0 Å². The number of pyridine rings is 1. The lowest BCUT2D eigenvalue weighted by molar-refractivity contribution is 0.825. The molecule has 0 fully saturated rings. The molecule has 4 rings (SSSR count). The van der Waals surface area contributed by atoms with Crippen LogP contribution in [0.25, 0.3) is 27.6 Å². The van der Waals surface area contributed by atoms with Crippen LogP contribution in [0, 0.1) is 6.92 Å². The molecule has 0 saturated carbocycles. The number of fused-ring (bicyclic) bond motifs is 2. The SMILES string of the molecule is Cc1ccc2cc(-n3nnc4ccccc43)ccc2n1. The molecule has 0 bridgehead atoms. The van der Waals surface area contributed by atoms with Crippen molar-refractivity contribution in [3.8, 4) is 5.69 Å². The fourth-order valence-corrected chi connectivity index (χ4v) is 2.41. The predicted molar refractivity (Wildman–Crippen MR) is 78.9 cm³/mol. The van der Waals surface area contributed by atoms with E-state index in [0.717, 1.165) is 33.3 Å². The van der Waals surface area contributed by atoms with Crippen molar-refractivity contribution in [2.45, 2.75) is 6.92 Å². The third-order valence-corrected chi connectivity index (χ3v) is 3.41. The Hall–Kier alpha value is -2.75. The zero-order chi connectivity index (χ0) is 13.5. The summed E-state index contributed by atoms with van der Waals surface area (Å²) in [4.78, 5) is 4.52. The minimum atomic E-state index is 0.898. The van der Waals surface area contributed by atoms with Crippen LogP contribution in [0.2, 0.25) is 0 Å². The Morgan fingerprint density at radius 3 is 2.75 bits per heavy atom. The molecule has 0 spiro atoms. The van der Waals surface area contributed by atoms with Crippen LogP contribution >= 0.6 is 0 Å². The zero-order valence-corrected chi connectivity index (χ0v) is 11.0. The summed E-state index contributed by atoms with van der Waals surface area (Å²) >= 11 is 0. The van der Waals surface area contributed by atoms with Crippen molar-refractivity contribution in [2.75, 3.05) is 0 Å². The lowest BCUT2D eigenvalue weighted by Gasteiger charge is -2.04. The standard InChI is InChI=1S/C16H12N4/c1-11-6-7-12-10-13(8-9-14(12)17-11)20-16-5-3-2-4-15(16)18-19-20/h2-10H,1H3. The minimum Gasteiger partial charge on any atom is -0.253 e. The molecule has 0 aliphatic heterocycles. The van der Waals surface area contributed by atoms with Gasteiger partial charge in [-0.05, 0) is 43.3 Å².